The van der Waals surface area contributed by atoms with E-state index in [-0.39, 0.29) is 5.41 Å². The average molecular weight is 206 g/mol. The Balaban J connectivity index is 4.44. The molecule has 0 amide bonds. The van der Waals surface area contributed by atoms with Crippen molar-refractivity contribution in [1.82, 2.24) is 0 Å². The van der Waals surface area contributed by atoms with Gasteiger partial charge >= 0.3 is 0 Å². The number of allylic oxidation sites excluding steroid dienone is 5. The van der Waals surface area contributed by atoms with Gasteiger partial charge in [-0.05, 0) is 23.3 Å². The third-order valence-corrected chi connectivity index (χ3v) is 2.70. The van der Waals surface area contributed by atoms with E-state index in [2.05, 4.69) is 59.4 Å². The molecule has 15 heavy (non-hydrogen) atoms. The topological polar surface area (TPSA) is 0 Å². The van der Waals surface area contributed by atoms with Crippen LogP contribution in [0, 0.1) is 11.3 Å². The van der Waals surface area contributed by atoms with Gasteiger partial charge in [0.15, 0.2) is 0 Å². The van der Waals surface area contributed by atoms with Crippen LogP contribution in [0.4, 0.5) is 0 Å². The van der Waals surface area contributed by atoms with E-state index in [1.165, 1.54) is 18.4 Å². The molecule has 0 aliphatic rings. The molecule has 0 aromatic rings. The minimum atomic E-state index is 0.208. The maximum absolute atomic E-state index is 3.76. The smallest absolute Gasteiger partial charge is 0.0132 e. The summed E-state index contributed by atoms with van der Waals surface area (Å²) in [6.45, 7) is 15.0. The summed E-state index contributed by atoms with van der Waals surface area (Å²) in [6.07, 6.45) is 10.9. The molecule has 0 bridgehead atoms. The van der Waals surface area contributed by atoms with Gasteiger partial charge in [-0.1, -0.05) is 71.9 Å². The van der Waals surface area contributed by atoms with E-state index in [1.807, 2.05) is 6.08 Å². The van der Waals surface area contributed by atoms with E-state index in [1.54, 1.807) is 0 Å². The van der Waals surface area contributed by atoms with E-state index in [4.69, 9.17) is 0 Å². The third-order valence-electron chi connectivity index (χ3n) is 2.70. The van der Waals surface area contributed by atoms with Crippen LogP contribution in [0.2, 0.25) is 0 Å². The lowest BCUT2D eigenvalue weighted by Crippen LogP contribution is -2.07. The van der Waals surface area contributed by atoms with Gasteiger partial charge in [-0.2, -0.15) is 0 Å². The molecule has 0 saturated carbocycles. The Morgan fingerprint density at radius 2 is 1.93 bits per heavy atom. The number of hydrogen-bond donors (Lipinski definition) is 0. The van der Waals surface area contributed by atoms with Gasteiger partial charge in [0, 0.05) is 0 Å². The second-order valence-corrected chi connectivity index (χ2v) is 5.26. The lowest BCUT2D eigenvalue weighted by molar-refractivity contribution is 0.515. The van der Waals surface area contributed by atoms with Crippen molar-refractivity contribution in [3.63, 3.8) is 0 Å². The fraction of sp³-hybridized carbons (Fsp3) is 0.600. The maximum Gasteiger partial charge on any atom is -0.0132 e. The summed E-state index contributed by atoms with van der Waals surface area (Å²) in [5.41, 5.74) is 1.56. The molecule has 0 rings (SSSR count). The molecular formula is C15H26. The largest absolute Gasteiger partial charge is 0.0991 e. The van der Waals surface area contributed by atoms with Gasteiger partial charge in [-0.25, -0.2) is 0 Å². The molecule has 0 nitrogen and oxygen atoms in total. The summed E-state index contributed by atoms with van der Waals surface area (Å²) in [5, 5.41) is 0. The van der Waals surface area contributed by atoms with Crippen molar-refractivity contribution in [3.8, 4) is 0 Å². The second kappa shape index (κ2) is 6.66. The highest BCUT2D eigenvalue weighted by Crippen LogP contribution is 2.26. The minimum Gasteiger partial charge on any atom is -0.0991 e. The van der Waals surface area contributed by atoms with Crippen LogP contribution < -0.4 is 0 Å². The normalized spacial score (nSPS) is 15.7. The van der Waals surface area contributed by atoms with E-state index >= 15 is 0 Å². The molecule has 0 heteroatoms. The summed E-state index contributed by atoms with van der Waals surface area (Å²) < 4.78 is 0. The first-order chi connectivity index (χ1) is 6.91. The highest BCUT2D eigenvalue weighted by atomic mass is 14.2. The molecule has 0 aliphatic heterocycles. The Labute approximate surface area is 95.8 Å². The first kappa shape index (κ1) is 14.2. The van der Waals surface area contributed by atoms with Gasteiger partial charge in [0.1, 0.15) is 0 Å². The molecule has 0 spiro atoms. The number of rotatable bonds is 5. The number of hydrogen-bond acceptors (Lipinski definition) is 0. The Morgan fingerprint density at radius 3 is 2.33 bits per heavy atom. The Bertz CT molecular complexity index is 235. The summed E-state index contributed by atoms with van der Waals surface area (Å²) in [7, 11) is 0. The highest BCUT2D eigenvalue weighted by Gasteiger charge is 2.13. The van der Waals surface area contributed by atoms with E-state index < -0.39 is 0 Å². The molecule has 1 unspecified atom stereocenters. The van der Waals surface area contributed by atoms with Crippen LogP contribution in [-0.2, 0) is 0 Å². The summed E-state index contributed by atoms with van der Waals surface area (Å²) in [4.78, 5) is 0. The lowest BCUT2D eigenvalue weighted by atomic mass is 9.85. The van der Waals surface area contributed by atoms with Crippen LogP contribution in [-0.4, -0.2) is 0 Å². The Morgan fingerprint density at radius 1 is 1.33 bits per heavy atom. The van der Waals surface area contributed by atoms with Crippen LogP contribution >= 0.6 is 0 Å². The SMILES string of the molecule is C=C/C=C(\C=C/CC(C)CC)C(C)(C)C. The average Bonchev–Trinajstić information content (AvgIpc) is 2.14. The zero-order valence-electron chi connectivity index (χ0n) is 11.0. The fourth-order valence-electron chi connectivity index (χ4n) is 1.28. The van der Waals surface area contributed by atoms with E-state index in [0.29, 0.717) is 0 Å². The van der Waals surface area contributed by atoms with Crippen molar-refractivity contribution in [2.24, 2.45) is 11.3 Å². The first-order valence-corrected chi connectivity index (χ1v) is 5.91. The van der Waals surface area contributed by atoms with Crippen molar-refractivity contribution in [2.45, 2.75) is 47.5 Å². The van der Waals surface area contributed by atoms with E-state index in [0.717, 1.165) is 5.92 Å². The van der Waals surface area contributed by atoms with Crippen LogP contribution in [0.5, 0.6) is 0 Å². The van der Waals surface area contributed by atoms with Gasteiger partial charge in [0.25, 0.3) is 0 Å². The molecule has 0 N–H and O–H groups in total. The molecule has 0 heterocycles. The van der Waals surface area contributed by atoms with Gasteiger partial charge < -0.3 is 0 Å². The minimum absolute atomic E-state index is 0.208. The van der Waals surface area contributed by atoms with Crippen molar-refractivity contribution in [1.29, 1.82) is 0 Å². The predicted octanol–water partition coefficient (Wildman–Crippen LogP) is 5.14. The monoisotopic (exact) mass is 206 g/mol. The van der Waals surface area contributed by atoms with Crippen molar-refractivity contribution in [3.05, 3.63) is 36.5 Å². The molecule has 1 atom stereocenters. The van der Waals surface area contributed by atoms with E-state index in [9.17, 15) is 0 Å². The third kappa shape index (κ3) is 6.33. The molecule has 0 fully saturated rings. The molecule has 86 valence electrons. The molecule has 0 aromatic carbocycles. The van der Waals surface area contributed by atoms with Gasteiger partial charge in [0.2, 0.25) is 0 Å². The van der Waals surface area contributed by atoms with Crippen LogP contribution in [0.1, 0.15) is 47.5 Å². The van der Waals surface area contributed by atoms with Crippen LogP contribution in [0.25, 0.3) is 0 Å². The standard InChI is InChI=1S/C15H26/c1-7-10-14(15(4,5)6)12-9-11-13(3)8-2/h7,9-10,12-13H,1,8,11H2,2-6H3/b12-9-,14-10+. The first-order valence-electron chi connectivity index (χ1n) is 5.91. The molecule has 0 aromatic heterocycles. The highest BCUT2D eigenvalue weighted by molar-refractivity contribution is 5.28. The Kier molecular flexibility index (Phi) is 6.31. The Hall–Kier alpha value is -0.780. The zero-order chi connectivity index (χ0) is 11.9. The van der Waals surface area contributed by atoms with Crippen molar-refractivity contribution >= 4 is 0 Å². The van der Waals surface area contributed by atoms with Crippen molar-refractivity contribution < 1.29 is 0 Å². The van der Waals surface area contributed by atoms with Gasteiger partial charge in [-0.15, -0.1) is 0 Å². The predicted molar refractivity (Wildman–Crippen MR) is 70.9 cm³/mol. The lowest BCUT2D eigenvalue weighted by Gasteiger charge is -2.20. The molecular weight excluding hydrogens is 180 g/mol. The van der Waals surface area contributed by atoms with Gasteiger partial charge in [-0.3, -0.25) is 0 Å². The summed E-state index contributed by atoms with van der Waals surface area (Å²) in [5.74, 6) is 0.784. The summed E-state index contributed by atoms with van der Waals surface area (Å²) in [6, 6.07) is 0. The van der Waals surface area contributed by atoms with Crippen LogP contribution in [0.15, 0.2) is 36.5 Å². The fourth-order valence-corrected chi connectivity index (χ4v) is 1.28. The molecule has 0 radical (unpaired) electrons. The van der Waals surface area contributed by atoms with Crippen molar-refractivity contribution in [2.75, 3.05) is 0 Å². The zero-order valence-corrected chi connectivity index (χ0v) is 11.0. The maximum atomic E-state index is 3.76. The van der Waals surface area contributed by atoms with Crippen LogP contribution in [0.3, 0.4) is 0 Å². The van der Waals surface area contributed by atoms with Gasteiger partial charge in [0.05, 0.1) is 0 Å². The molecule has 0 saturated heterocycles. The summed E-state index contributed by atoms with van der Waals surface area (Å²) >= 11 is 0. The second-order valence-electron chi connectivity index (χ2n) is 5.26. The quantitative estimate of drug-likeness (QED) is 0.546. The molecule has 0 aliphatic carbocycles.